The van der Waals surface area contributed by atoms with Crippen molar-refractivity contribution in [3.8, 4) is 0 Å². The van der Waals surface area contributed by atoms with E-state index in [-0.39, 0.29) is 23.3 Å². The molecule has 1 N–H and O–H groups in total. The normalized spacial score (nSPS) is 32.6. The molecule has 2 amide bonds. The Bertz CT molecular complexity index is 365. The summed E-state index contributed by atoms with van der Waals surface area (Å²) in [4.78, 5) is 29.2. The van der Waals surface area contributed by atoms with Crippen LogP contribution in [0.4, 0.5) is 0 Å². The van der Waals surface area contributed by atoms with Gasteiger partial charge in [0.2, 0.25) is 5.91 Å². The summed E-state index contributed by atoms with van der Waals surface area (Å²) in [7, 11) is 3.60. The zero-order chi connectivity index (χ0) is 13.3. The minimum Gasteiger partial charge on any atom is -0.356 e. The Labute approximate surface area is 109 Å². The summed E-state index contributed by atoms with van der Waals surface area (Å²) in [5.41, 5.74) is -0.363. The Morgan fingerprint density at radius 1 is 1.67 bits per heavy atom. The lowest BCUT2D eigenvalue weighted by atomic mass is 9.84. The molecule has 0 aromatic rings. The number of nitrogens with one attached hydrogen (secondary N) is 1. The van der Waals surface area contributed by atoms with E-state index in [0.29, 0.717) is 21.7 Å². The summed E-state index contributed by atoms with van der Waals surface area (Å²) in [5, 5.41) is 4.13. The van der Waals surface area contributed by atoms with E-state index in [1.54, 1.807) is 7.05 Å². The van der Waals surface area contributed by atoms with Crippen molar-refractivity contribution in [3.63, 3.8) is 0 Å². The average molecular weight is 273 g/mol. The molecule has 2 aliphatic rings. The molecule has 0 radical (unpaired) electrons. The first-order valence-corrected chi connectivity index (χ1v) is 7.53. The van der Waals surface area contributed by atoms with Gasteiger partial charge in [-0.2, -0.15) is 0 Å². The van der Waals surface area contributed by atoms with Crippen molar-refractivity contribution in [2.24, 2.45) is 5.41 Å². The van der Waals surface area contributed by atoms with E-state index in [2.05, 4.69) is 9.99 Å². The largest absolute Gasteiger partial charge is 0.356 e. The lowest BCUT2D eigenvalue weighted by molar-refractivity contribution is -0.172. The van der Waals surface area contributed by atoms with Crippen molar-refractivity contribution < 1.29 is 14.4 Å². The minimum absolute atomic E-state index is 0.0663. The van der Waals surface area contributed by atoms with E-state index < -0.39 is 0 Å². The van der Waals surface area contributed by atoms with Crippen LogP contribution >= 0.6 is 8.73 Å². The van der Waals surface area contributed by atoms with Crippen LogP contribution in [0, 0.1) is 5.41 Å². The Morgan fingerprint density at radius 3 is 2.89 bits per heavy atom. The van der Waals surface area contributed by atoms with Gasteiger partial charge < -0.3 is 5.32 Å². The molecule has 2 saturated heterocycles. The third-order valence-corrected chi connectivity index (χ3v) is 5.00. The monoisotopic (exact) mass is 273 g/mol. The number of carbonyl (C=O) groups is 2. The molecule has 6 nitrogen and oxygen atoms in total. The maximum atomic E-state index is 12.2. The number of hydrogen-bond donors (Lipinski definition) is 1. The predicted molar refractivity (Wildman–Crippen MR) is 69.2 cm³/mol. The predicted octanol–water partition coefficient (Wildman–Crippen LogP) is -0.190. The Kier molecular flexibility index (Phi) is 3.90. The standard InChI is InChI=1S/C11H20N3O3P/c1-13(17-2)9(15)8-6-11(7-14(8)18-3)4-5-12-10(11)16/h8,18H,4-7H2,1-3H3,(H,12,16). The van der Waals surface area contributed by atoms with E-state index in [9.17, 15) is 9.59 Å². The van der Waals surface area contributed by atoms with Gasteiger partial charge in [-0.05, 0) is 19.5 Å². The molecule has 1 spiro atoms. The van der Waals surface area contributed by atoms with Gasteiger partial charge in [-0.15, -0.1) is 0 Å². The van der Waals surface area contributed by atoms with Gasteiger partial charge in [0.05, 0.1) is 18.6 Å². The van der Waals surface area contributed by atoms with Gasteiger partial charge in [-0.25, -0.2) is 5.06 Å². The van der Waals surface area contributed by atoms with Gasteiger partial charge in [0.15, 0.2) is 0 Å². The lowest BCUT2D eigenvalue weighted by Crippen LogP contribution is -2.40. The molecule has 2 heterocycles. The topological polar surface area (TPSA) is 61.9 Å². The lowest BCUT2D eigenvalue weighted by Gasteiger charge is -2.24. The van der Waals surface area contributed by atoms with Crippen LogP contribution < -0.4 is 5.32 Å². The van der Waals surface area contributed by atoms with Gasteiger partial charge in [0.25, 0.3) is 5.91 Å². The fourth-order valence-corrected chi connectivity index (χ4v) is 3.77. The molecule has 3 unspecified atom stereocenters. The molecule has 0 aromatic heterocycles. The maximum Gasteiger partial charge on any atom is 0.263 e. The van der Waals surface area contributed by atoms with Crippen LogP contribution in [-0.2, 0) is 14.4 Å². The zero-order valence-electron chi connectivity index (χ0n) is 11.0. The molecule has 2 rings (SSSR count). The molecule has 3 atom stereocenters. The van der Waals surface area contributed by atoms with Gasteiger partial charge in [-0.3, -0.25) is 19.1 Å². The highest BCUT2D eigenvalue weighted by Crippen LogP contribution is 2.44. The van der Waals surface area contributed by atoms with Crippen LogP contribution in [0.2, 0.25) is 0 Å². The van der Waals surface area contributed by atoms with Gasteiger partial charge in [0.1, 0.15) is 0 Å². The number of nitrogens with zero attached hydrogens (tertiary/aromatic N) is 2. The summed E-state index contributed by atoms with van der Waals surface area (Å²) in [5.74, 6) is 0.0320. The van der Waals surface area contributed by atoms with Gasteiger partial charge >= 0.3 is 0 Å². The van der Waals surface area contributed by atoms with E-state index in [1.165, 1.54) is 12.2 Å². The molecule has 102 valence electrons. The highest BCUT2D eigenvalue weighted by Gasteiger charge is 2.53. The van der Waals surface area contributed by atoms with Crippen molar-refractivity contribution in [3.05, 3.63) is 0 Å². The number of rotatable bonds is 3. The molecule has 18 heavy (non-hydrogen) atoms. The maximum absolute atomic E-state index is 12.2. The van der Waals surface area contributed by atoms with Crippen LogP contribution in [0.5, 0.6) is 0 Å². The molecule has 7 heteroatoms. The fraction of sp³-hybridized carbons (Fsp3) is 0.818. The molecule has 0 aliphatic carbocycles. The summed E-state index contributed by atoms with van der Waals surface area (Å²) >= 11 is 0. The van der Waals surface area contributed by atoms with Crippen molar-refractivity contribution >= 4 is 20.5 Å². The van der Waals surface area contributed by atoms with Gasteiger partial charge in [-0.1, -0.05) is 8.73 Å². The fourth-order valence-electron chi connectivity index (χ4n) is 2.80. The first-order valence-electron chi connectivity index (χ1n) is 6.08. The zero-order valence-corrected chi connectivity index (χ0v) is 12.0. The molecule has 2 aliphatic heterocycles. The summed E-state index contributed by atoms with van der Waals surface area (Å²) in [6, 6.07) is -0.234. The molecular formula is C11H20N3O3P. The van der Waals surface area contributed by atoms with Crippen LogP contribution in [0.25, 0.3) is 0 Å². The van der Waals surface area contributed by atoms with Crippen molar-refractivity contribution in [2.45, 2.75) is 18.9 Å². The smallest absolute Gasteiger partial charge is 0.263 e. The molecule has 0 aromatic carbocycles. The number of amides is 2. The second-order valence-electron chi connectivity index (χ2n) is 4.88. The van der Waals surface area contributed by atoms with Crippen molar-refractivity contribution in [1.29, 1.82) is 0 Å². The average Bonchev–Trinajstić information content (AvgIpc) is 2.93. The van der Waals surface area contributed by atoms with Crippen LogP contribution in [0.1, 0.15) is 12.8 Å². The first kappa shape index (κ1) is 13.7. The Morgan fingerprint density at radius 2 is 2.39 bits per heavy atom. The second kappa shape index (κ2) is 5.11. The van der Waals surface area contributed by atoms with Crippen LogP contribution in [-0.4, -0.2) is 61.5 Å². The highest BCUT2D eigenvalue weighted by atomic mass is 31.1. The molecule has 0 bridgehead atoms. The van der Waals surface area contributed by atoms with Crippen molar-refractivity contribution in [1.82, 2.24) is 15.1 Å². The number of hydroxylamine groups is 2. The van der Waals surface area contributed by atoms with E-state index in [0.717, 1.165) is 13.0 Å². The molecule has 0 saturated carbocycles. The molecular weight excluding hydrogens is 253 g/mol. The third-order valence-electron chi connectivity index (χ3n) is 3.96. The summed E-state index contributed by atoms with van der Waals surface area (Å²) in [6.07, 6.45) is 1.43. The van der Waals surface area contributed by atoms with Gasteiger partial charge in [0, 0.05) is 20.1 Å². The quantitative estimate of drug-likeness (QED) is 0.572. The first-order chi connectivity index (χ1) is 8.54. The van der Waals surface area contributed by atoms with Crippen LogP contribution in [0.15, 0.2) is 0 Å². The molecule has 2 fully saturated rings. The van der Waals surface area contributed by atoms with Crippen LogP contribution in [0.3, 0.4) is 0 Å². The number of likely N-dealkylation sites (N-methyl/N-ethyl adjacent to an activating group) is 1. The van der Waals surface area contributed by atoms with Crippen molar-refractivity contribution in [2.75, 3.05) is 33.9 Å². The number of carbonyl (C=O) groups excluding carboxylic acids is 2. The van der Waals surface area contributed by atoms with E-state index in [4.69, 9.17) is 4.84 Å². The minimum atomic E-state index is -0.363. The number of hydrogen-bond acceptors (Lipinski definition) is 4. The highest BCUT2D eigenvalue weighted by molar-refractivity contribution is 7.34. The summed E-state index contributed by atoms with van der Waals surface area (Å²) < 4.78 is 2.10. The Hall–Kier alpha value is -0.710. The SMILES string of the molecule is CON(C)C(=O)C1CC2(CCNC2=O)CN1PC. The van der Waals surface area contributed by atoms with E-state index in [1.807, 2.05) is 6.66 Å². The second-order valence-corrected chi connectivity index (χ2v) is 5.90. The third kappa shape index (κ3) is 2.13. The summed E-state index contributed by atoms with van der Waals surface area (Å²) in [6.45, 7) is 3.45. The van der Waals surface area contributed by atoms with E-state index >= 15 is 0 Å². The Balaban J connectivity index is 2.16.